The number of carbonyl (C=O) groups excluding carboxylic acids is 1. The molecule has 2 rings (SSSR count). The number of hydrogen-bond acceptors (Lipinski definition) is 5. The number of methoxy groups -OCH3 is 1. The molecule has 0 spiro atoms. The van der Waals surface area contributed by atoms with Gasteiger partial charge in [-0.1, -0.05) is 48.0 Å². The Labute approximate surface area is 159 Å². The van der Waals surface area contributed by atoms with Gasteiger partial charge in [0.25, 0.3) is 10.0 Å². The van der Waals surface area contributed by atoms with Crippen LogP contribution in [0.2, 0.25) is 0 Å². The number of sulfonamides is 1. The minimum absolute atomic E-state index is 0.0645. The number of nitrogens with zero attached hydrogens (tertiary/aromatic N) is 1. The van der Waals surface area contributed by atoms with Gasteiger partial charge in [0.1, 0.15) is 0 Å². The van der Waals surface area contributed by atoms with Crippen LogP contribution in [-0.2, 0) is 26.0 Å². The van der Waals surface area contributed by atoms with E-state index in [4.69, 9.17) is 4.74 Å². The van der Waals surface area contributed by atoms with Crippen LogP contribution < -0.4 is 0 Å². The average molecular weight is 387 g/mol. The molecule has 27 heavy (non-hydrogen) atoms. The second kappa shape index (κ2) is 9.10. The Balaban J connectivity index is 2.35. The largest absolute Gasteiger partial charge is 0.509 e. The van der Waals surface area contributed by atoms with Gasteiger partial charge in [0.05, 0.1) is 18.6 Å². The van der Waals surface area contributed by atoms with Gasteiger partial charge in [0.2, 0.25) is 0 Å². The summed E-state index contributed by atoms with van der Waals surface area (Å²) < 4.78 is 36.4. The third kappa shape index (κ3) is 5.76. The first-order valence-corrected chi connectivity index (χ1v) is 9.66. The smallest absolute Gasteiger partial charge is 0.438 e. The zero-order valence-corrected chi connectivity index (χ0v) is 16.2. The van der Waals surface area contributed by atoms with Gasteiger partial charge in [-0.25, -0.2) is 17.5 Å². The third-order valence-corrected chi connectivity index (χ3v) is 5.28. The molecule has 0 saturated carbocycles. The van der Waals surface area contributed by atoms with E-state index in [-0.39, 0.29) is 11.4 Å². The lowest BCUT2D eigenvalue weighted by molar-refractivity contribution is 0.0603. The molecule has 2 aromatic rings. The molecule has 0 radical (unpaired) electrons. The molecule has 7 heteroatoms. The first kappa shape index (κ1) is 20.3. The van der Waals surface area contributed by atoms with E-state index in [0.717, 1.165) is 15.4 Å². The number of aryl methyl sites for hydroxylation is 1. The fourth-order valence-electron chi connectivity index (χ4n) is 2.16. The molecular formula is C20H21NO5S. The van der Waals surface area contributed by atoms with Gasteiger partial charge in [-0.05, 0) is 37.5 Å². The Morgan fingerprint density at radius 2 is 1.74 bits per heavy atom. The highest BCUT2D eigenvalue weighted by atomic mass is 32.2. The molecule has 0 aromatic heterocycles. The molecule has 0 N–H and O–H groups in total. The topological polar surface area (TPSA) is 72.9 Å². The minimum Gasteiger partial charge on any atom is -0.438 e. The standard InChI is InChI=1S/C20H21NO5S/c1-16-9-11-19(12-10-16)27(23,24)21(15-18-7-5-4-6-8-18)14-13-17(2)26-20(22)25-3/h4-12,17H,15H2,1-3H3. The third-order valence-electron chi connectivity index (χ3n) is 3.61. The van der Waals surface area contributed by atoms with E-state index in [9.17, 15) is 13.2 Å². The normalized spacial score (nSPS) is 11.7. The van der Waals surface area contributed by atoms with Crippen molar-refractivity contribution in [2.24, 2.45) is 0 Å². The van der Waals surface area contributed by atoms with Crippen LogP contribution in [-0.4, -0.2) is 32.1 Å². The van der Waals surface area contributed by atoms with Gasteiger partial charge in [0.15, 0.2) is 6.10 Å². The van der Waals surface area contributed by atoms with Gasteiger partial charge in [-0.3, -0.25) is 0 Å². The Morgan fingerprint density at radius 1 is 1.11 bits per heavy atom. The summed E-state index contributed by atoms with van der Waals surface area (Å²) in [6, 6.07) is 18.3. The maximum atomic E-state index is 13.0. The molecule has 2 aromatic carbocycles. The van der Waals surface area contributed by atoms with Crippen LogP contribution in [0.5, 0.6) is 0 Å². The monoisotopic (exact) mass is 387 g/mol. The van der Waals surface area contributed by atoms with Crippen molar-refractivity contribution in [2.75, 3.05) is 7.11 Å². The molecule has 6 nitrogen and oxygen atoms in total. The number of rotatable bonds is 5. The predicted octanol–water partition coefficient (Wildman–Crippen LogP) is 3.32. The Bertz CT molecular complexity index is 928. The molecule has 0 fully saturated rings. The van der Waals surface area contributed by atoms with Gasteiger partial charge < -0.3 is 9.47 Å². The lowest BCUT2D eigenvalue weighted by Gasteiger charge is -2.18. The van der Waals surface area contributed by atoms with Crippen molar-refractivity contribution in [1.82, 2.24) is 4.31 Å². The van der Waals surface area contributed by atoms with Crippen molar-refractivity contribution < 1.29 is 22.7 Å². The summed E-state index contributed by atoms with van der Waals surface area (Å²) in [6.07, 6.45) is -1.71. The van der Waals surface area contributed by atoms with E-state index >= 15 is 0 Å². The van der Waals surface area contributed by atoms with Crippen LogP contribution in [0.25, 0.3) is 0 Å². The van der Waals surface area contributed by atoms with Crippen molar-refractivity contribution in [3.63, 3.8) is 0 Å². The average Bonchev–Trinajstić information content (AvgIpc) is 2.66. The van der Waals surface area contributed by atoms with Crippen molar-refractivity contribution in [1.29, 1.82) is 0 Å². The summed E-state index contributed by atoms with van der Waals surface area (Å²) in [4.78, 5) is 11.3. The molecule has 0 amide bonds. The highest BCUT2D eigenvalue weighted by Gasteiger charge is 2.22. The van der Waals surface area contributed by atoms with Crippen molar-refractivity contribution >= 4 is 16.2 Å². The maximum absolute atomic E-state index is 13.0. The van der Waals surface area contributed by atoms with E-state index in [2.05, 4.69) is 16.7 Å². The minimum atomic E-state index is -3.86. The van der Waals surface area contributed by atoms with Gasteiger partial charge in [-0.2, -0.15) is 0 Å². The molecular weight excluding hydrogens is 366 g/mol. The molecule has 0 saturated heterocycles. The van der Waals surface area contributed by atoms with E-state index in [1.807, 2.05) is 37.3 Å². The number of hydrogen-bond donors (Lipinski definition) is 0. The van der Waals surface area contributed by atoms with Gasteiger partial charge >= 0.3 is 6.16 Å². The lowest BCUT2D eigenvalue weighted by atomic mass is 10.2. The molecule has 0 aliphatic carbocycles. The summed E-state index contributed by atoms with van der Waals surface area (Å²) in [7, 11) is -2.67. The Hall–Kier alpha value is -2.98. The van der Waals surface area contributed by atoms with Crippen LogP contribution in [0, 0.1) is 18.9 Å². The second-order valence-electron chi connectivity index (χ2n) is 5.78. The molecule has 1 unspecified atom stereocenters. The first-order valence-electron chi connectivity index (χ1n) is 8.22. The van der Waals surface area contributed by atoms with Crippen LogP contribution in [0.3, 0.4) is 0 Å². The lowest BCUT2D eigenvalue weighted by Crippen LogP contribution is -2.27. The van der Waals surface area contributed by atoms with Crippen LogP contribution in [0.1, 0.15) is 18.1 Å². The maximum Gasteiger partial charge on any atom is 0.509 e. The van der Waals surface area contributed by atoms with Crippen LogP contribution >= 0.6 is 0 Å². The highest BCUT2D eigenvalue weighted by molar-refractivity contribution is 7.89. The van der Waals surface area contributed by atoms with Gasteiger partial charge in [0, 0.05) is 6.04 Å². The predicted molar refractivity (Wildman–Crippen MR) is 101 cm³/mol. The molecule has 0 bridgehead atoms. The van der Waals surface area contributed by atoms with Crippen molar-refractivity contribution in [3.05, 3.63) is 65.7 Å². The zero-order valence-electron chi connectivity index (χ0n) is 15.4. The van der Waals surface area contributed by atoms with E-state index in [0.29, 0.717) is 0 Å². The first-order chi connectivity index (χ1) is 12.8. The van der Waals surface area contributed by atoms with Crippen molar-refractivity contribution in [2.45, 2.75) is 31.4 Å². The molecule has 142 valence electrons. The SMILES string of the molecule is COC(=O)OC(C)C#CN(Cc1ccccc1)S(=O)(=O)c1ccc(C)cc1. The summed E-state index contributed by atoms with van der Waals surface area (Å²) in [5.74, 6) is 2.63. The van der Waals surface area contributed by atoms with Gasteiger partial charge in [-0.15, -0.1) is 0 Å². The second-order valence-corrected chi connectivity index (χ2v) is 7.64. The highest BCUT2D eigenvalue weighted by Crippen LogP contribution is 2.18. The fraction of sp³-hybridized carbons (Fsp3) is 0.250. The summed E-state index contributed by atoms with van der Waals surface area (Å²) in [5.41, 5.74) is 1.73. The summed E-state index contributed by atoms with van der Waals surface area (Å²) in [5, 5.41) is 0. The molecule has 0 aliphatic rings. The van der Waals surface area contributed by atoms with Crippen LogP contribution in [0.4, 0.5) is 4.79 Å². The van der Waals surface area contributed by atoms with E-state index in [1.54, 1.807) is 24.3 Å². The summed E-state index contributed by atoms with van der Waals surface area (Å²) >= 11 is 0. The molecule has 1 atom stereocenters. The quantitative estimate of drug-likeness (QED) is 0.447. The summed E-state index contributed by atoms with van der Waals surface area (Å²) in [6.45, 7) is 3.47. The fourth-order valence-corrected chi connectivity index (χ4v) is 3.38. The van der Waals surface area contributed by atoms with Crippen molar-refractivity contribution in [3.8, 4) is 12.0 Å². The van der Waals surface area contributed by atoms with Crippen LogP contribution in [0.15, 0.2) is 59.5 Å². The number of benzene rings is 2. The molecule has 0 aliphatic heterocycles. The Kier molecular flexibility index (Phi) is 6.85. The molecule has 0 heterocycles. The zero-order chi connectivity index (χ0) is 19.9. The van der Waals surface area contributed by atoms with E-state index < -0.39 is 22.3 Å². The van der Waals surface area contributed by atoms with E-state index in [1.165, 1.54) is 14.0 Å². The number of ether oxygens (including phenoxy) is 2. The number of carbonyl (C=O) groups is 1. The Morgan fingerprint density at radius 3 is 2.33 bits per heavy atom.